The number of para-hydroxylation sites is 1. The van der Waals surface area contributed by atoms with E-state index in [0.29, 0.717) is 12.2 Å². The highest BCUT2D eigenvalue weighted by Crippen LogP contribution is 2.08. The van der Waals surface area contributed by atoms with Crippen LogP contribution < -0.4 is 10.6 Å². The molecule has 1 aliphatic heterocycles. The molecule has 0 spiro atoms. The lowest BCUT2D eigenvalue weighted by Gasteiger charge is -2.16. The molecule has 1 fully saturated rings. The van der Waals surface area contributed by atoms with Crippen LogP contribution in [-0.4, -0.2) is 50.8 Å². The summed E-state index contributed by atoms with van der Waals surface area (Å²) >= 11 is 0. The van der Waals surface area contributed by atoms with Gasteiger partial charge in [0.05, 0.1) is 18.4 Å². The second-order valence-corrected chi connectivity index (χ2v) is 5.76. The van der Waals surface area contributed by atoms with Gasteiger partial charge >= 0.3 is 6.03 Å². The molecule has 130 valence electrons. The van der Waals surface area contributed by atoms with Gasteiger partial charge in [-0.25, -0.2) is 4.79 Å². The van der Waals surface area contributed by atoms with Gasteiger partial charge < -0.3 is 10.2 Å². The molecular formula is C16H18N6O3. The number of nitrogens with one attached hydrogen (secondary N) is 2. The molecular weight excluding hydrogens is 324 g/mol. The van der Waals surface area contributed by atoms with Crippen molar-refractivity contribution >= 4 is 17.8 Å². The number of aromatic nitrogens is 3. The van der Waals surface area contributed by atoms with Gasteiger partial charge in [-0.3, -0.25) is 14.9 Å². The van der Waals surface area contributed by atoms with Gasteiger partial charge in [0.15, 0.2) is 0 Å². The molecule has 1 aromatic heterocycles. The summed E-state index contributed by atoms with van der Waals surface area (Å²) in [7, 11) is 1.66. The molecule has 1 unspecified atom stereocenters. The number of hydrogen-bond acceptors (Lipinski definition) is 5. The highest BCUT2D eigenvalue weighted by atomic mass is 16.2. The molecule has 2 heterocycles. The van der Waals surface area contributed by atoms with Crippen LogP contribution in [0.1, 0.15) is 18.5 Å². The van der Waals surface area contributed by atoms with E-state index in [-0.39, 0.29) is 18.7 Å². The molecule has 2 aromatic rings. The van der Waals surface area contributed by atoms with Crippen LogP contribution in [0, 0.1) is 0 Å². The number of nitrogens with zero attached hydrogens (tertiary/aromatic N) is 4. The quantitative estimate of drug-likeness (QED) is 0.730. The Hall–Kier alpha value is -3.23. The van der Waals surface area contributed by atoms with E-state index in [9.17, 15) is 14.4 Å². The first-order valence-corrected chi connectivity index (χ1v) is 7.85. The van der Waals surface area contributed by atoms with Crippen molar-refractivity contribution in [2.24, 2.45) is 0 Å². The van der Waals surface area contributed by atoms with Crippen molar-refractivity contribution in [1.82, 2.24) is 30.5 Å². The maximum Gasteiger partial charge on any atom is 0.322 e. The minimum Gasteiger partial charge on any atom is -0.340 e. The molecule has 0 aliphatic carbocycles. The third-order valence-electron chi connectivity index (χ3n) is 3.86. The maximum atomic E-state index is 12.2. The first-order chi connectivity index (χ1) is 12.0. The van der Waals surface area contributed by atoms with Gasteiger partial charge in [-0.1, -0.05) is 18.2 Å². The van der Waals surface area contributed by atoms with Crippen LogP contribution in [0.4, 0.5) is 4.79 Å². The fourth-order valence-electron chi connectivity index (χ4n) is 2.50. The smallest absolute Gasteiger partial charge is 0.322 e. The lowest BCUT2D eigenvalue weighted by molar-refractivity contribution is -0.130. The topological polar surface area (TPSA) is 109 Å². The molecule has 9 nitrogen and oxygen atoms in total. The van der Waals surface area contributed by atoms with Crippen LogP contribution >= 0.6 is 0 Å². The number of benzene rings is 1. The van der Waals surface area contributed by atoms with Crippen LogP contribution in [0.5, 0.6) is 0 Å². The SMILES string of the molecule is CN(Cc1cnn(-c2ccccc2)n1)C(=O)CCC1NC(=O)NC1=O. The summed E-state index contributed by atoms with van der Waals surface area (Å²) in [6.45, 7) is 0.314. The summed E-state index contributed by atoms with van der Waals surface area (Å²) in [5, 5.41) is 13.2. The Morgan fingerprint density at radius 1 is 1.28 bits per heavy atom. The van der Waals surface area contributed by atoms with Crippen molar-refractivity contribution in [3.63, 3.8) is 0 Å². The predicted octanol–water partition coefficient (Wildman–Crippen LogP) is 0.214. The van der Waals surface area contributed by atoms with Crippen LogP contribution in [-0.2, 0) is 16.1 Å². The minimum atomic E-state index is -0.649. The Balaban J connectivity index is 1.52. The molecule has 25 heavy (non-hydrogen) atoms. The number of amides is 4. The number of carbonyl (C=O) groups is 3. The Morgan fingerprint density at radius 3 is 2.72 bits per heavy atom. The third-order valence-corrected chi connectivity index (χ3v) is 3.86. The van der Waals surface area contributed by atoms with Crippen molar-refractivity contribution in [3.05, 3.63) is 42.2 Å². The normalized spacial score (nSPS) is 16.4. The van der Waals surface area contributed by atoms with Gasteiger partial charge in [0.1, 0.15) is 11.7 Å². The van der Waals surface area contributed by atoms with E-state index < -0.39 is 18.0 Å². The average molecular weight is 342 g/mol. The zero-order valence-corrected chi connectivity index (χ0v) is 13.7. The molecule has 9 heteroatoms. The van der Waals surface area contributed by atoms with Crippen LogP contribution in [0.3, 0.4) is 0 Å². The number of carbonyl (C=O) groups excluding carboxylic acids is 3. The van der Waals surface area contributed by atoms with E-state index in [1.165, 1.54) is 9.70 Å². The largest absolute Gasteiger partial charge is 0.340 e. The standard InChI is InChI=1S/C16H18N6O3/c1-21(14(23)8-7-13-15(24)19-16(25)18-13)10-11-9-17-22(20-11)12-5-3-2-4-6-12/h2-6,9,13H,7-8,10H2,1H3,(H2,18,19,24,25). The van der Waals surface area contributed by atoms with Crippen molar-refractivity contribution < 1.29 is 14.4 Å². The molecule has 2 N–H and O–H groups in total. The average Bonchev–Trinajstić information content (AvgIpc) is 3.19. The Morgan fingerprint density at radius 2 is 2.04 bits per heavy atom. The second kappa shape index (κ2) is 7.12. The van der Waals surface area contributed by atoms with Gasteiger partial charge in [0.2, 0.25) is 5.91 Å². The second-order valence-electron chi connectivity index (χ2n) is 5.76. The Bertz CT molecular complexity index is 788. The van der Waals surface area contributed by atoms with Crippen LogP contribution in [0.2, 0.25) is 0 Å². The van der Waals surface area contributed by atoms with E-state index >= 15 is 0 Å². The van der Waals surface area contributed by atoms with E-state index in [1.54, 1.807) is 13.2 Å². The summed E-state index contributed by atoms with van der Waals surface area (Å²) in [4.78, 5) is 37.7. The molecule has 3 rings (SSSR count). The monoisotopic (exact) mass is 342 g/mol. The molecule has 0 saturated carbocycles. The van der Waals surface area contributed by atoms with E-state index in [0.717, 1.165) is 5.69 Å². The van der Waals surface area contributed by atoms with Crippen molar-refractivity contribution in [1.29, 1.82) is 0 Å². The highest BCUT2D eigenvalue weighted by molar-refractivity contribution is 6.04. The maximum absolute atomic E-state index is 12.2. The van der Waals surface area contributed by atoms with Gasteiger partial charge in [-0.15, -0.1) is 0 Å². The van der Waals surface area contributed by atoms with E-state index in [1.807, 2.05) is 30.3 Å². The van der Waals surface area contributed by atoms with Gasteiger partial charge in [0.25, 0.3) is 5.91 Å². The highest BCUT2D eigenvalue weighted by Gasteiger charge is 2.29. The van der Waals surface area contributed by atoms with Gasteiger partial charge in [-0.2, -0.15) is 15.0 Å². The number of imide groups is 1. The number of hydrogen-bond donors (Lipinski definition) is 2. The number of rotatable bonds is 6. The fourth-order valence-corrected chi connectivity index (χ4v) is 2.50. The molecule has 1 saturated heterocycles. The summed E-state index contributed by atoms with van der Waals surface area (Å²) < 4.78 is 0. The van der Waals surface area contributed by atoms with Gasteiger partial charge in [-0.05, 0) is 18.6 Å². The van der Waals surface area contributed by atoms with Crippen molar-refractivity contribution in [3.8, 4) is 5.69 Å². The first kappa shape index (κ1) is 16.6. The zero-order chi connectivity index (χ0) is 17.8. The summed E-state index contributed by atoms with van der Waals surface area (Å²) in [6, 6.07) is 8.31. The zero-order valence-electron chi connectivity index (χ0n) is 13.7. The molecule has 4 amide bonds. The van der Waals surface area contributed by atoms with Crippen LogP contribution in [0.25, 0.3) is 5.69 Å². The molecule has 1 aliphatic rings. The number of urea groups is 1. The van der Waals surface area contributed by atoms with E-state index in [4.69, 9.17) is 0 Å². The van der Waals surface area contributed by atoms with Crippen LogP contribution in [0.15, 0.2) is 36.5 Å². The minimum absolute atomic E-state index is 0.136. The Labute approximate surface area is 144 Å². The lowest BCUT2D eigenvalue weighted by atomic mass is 10.1. The predicted molar refractivity (Wildman–Crippen MR) is 87.5 cm³/mol. The molecule has 0 radical (unpaired) electrons. The van der Waals surface area contributed by atoms with Crippen molar-refractivity contribution in [2.75, 3.05) is 7.05 Å². The molecule has 1 atom stereocenters. The summed E-state index contributed by atoms with van der Waals surface area (Å²) in [5.74, 6) is -0.533. The third kappa shape index (κ3) is 4.00. The molecule has 1 aromatic carbocycles. The lowest BCUT2D eigenvalue weighted by Crippen LogP contribution is -2.32. The van der Waals surface area contributed by atoms with E-state index in [2.05, 4.69) is 20.8 Å². The first-order valence-electron chi connectivity index (χ1n) is 7.85. The summed E-state index contributed by atoms with van der Waals surface area (Å²) in [5.41, 5.74) is 1.50. The van der Waals surface area contributed by atoms with Crippen molar-refractivity contribution in [2.45, 2.75) is 25.4 Å². The van der Waals surface area contributed by atoms with Gasteiger partial charge in [0, 0.05) is 13.5 Å². The molecule has 0 bridgehead atoms. The summed E-state index contributed by atoms with van der Waals surface area (Å²) in [6.07, 6.45) is 2.03. The Kier molecular flexibility index (Phi) is 4.73. The fraction of sp³-hybridized carbons (Fsp3) is 0.312.